The highest BCUT2D eigenvalue weighted by Gasteiger charge is 2.80. The lowest BCUT2D eigenvalue weighted by molar-refractivity contribution is -0.475. The molecular formula is C20H17F11O9. The summed E-state index contributed by atoms with van der Waals surface area (Å²) in [4.78, 5) is 46.2. The van der Waals surface area contributed by atoms with Crippen LogP contribution in [0.5, 0.6) is 0 Å². The second-order valence-electron chi connectivity index (χ2n) is 7.30. The van der Waals surface area contributed by atoms with Gasteiger partial charge in [-0.2, -0.15) is 48.3 Å². The molecule has 0 rings (SSSR count). The van der Waals surface area contributed by atoms with Gasteiger partial charge in [0.25, 0.3) is 0 Å². The molecule has 40 heavy (non-hydrogen) atoms. The number of hydrogen-bond acceptors (Lipinski definition) is 9. The maximum atomic E-state index is 14.5. The third-order valence-electron chi connectivity index (χ3n) is 4.19. The van der Waals surface area contributed by atoms with E-state index in [0.29, 0.717) is 18.2 Å². The first-order valence-electron chi connectivity index (χ1n) is 9.78. The molecule has 0 radical (unpaired) electrons. The van der Waals surface area contributed by atoms with Gasteiger partial charge >= 0.3 is 54.1 Å². The molecule has 0 aliphatic carbocycles. The molecule has 0 N–H and O–H groups in total. The predicted molar refractivity (Wildman–Crippen MR) is 104 cm³/mol. The molecular weight excluding hydrogens is 593 g/mol. The summed E-state index contributed by atoms with van der Waals surface area (Å²) in [7, 11) is 0. The first kappa shape index (κ1) is 36.3. The Kier molecular flexibility index (Phi) is 11.9. The topological polar surface area (TPSA) is 114 Å². The normalized spacial score (nSPS) is 14.3. The molecule has 0 amide bonds. The summed E-state index contributed by atoms with van der Waals surface area (Å²) in [6.45, 7) is 3.38. The van der Waals surface area contributed by atoms with Gasteiger partial charge in [0.05, 0.1) is 0 Å². The molecule has 0 bridgehead atoms. The van der Waals surface area contributed by atoms with Crippen molar-refractivity contribution in [2.45, 2.75) is 30.2 Å². The minimum Gasteiger partial charge on any atom is -0.462 e. The van der Waals surface area contributed by atoms with Gasteiger partial charge in [-0.3, -0.25) is 4.74 Å². The van der Waals surface area contributed by atoms with Crippen LogP contribution >= 0.6 is 0 Å². The summed E-state index contributed by atoms with van der Waals surface area (Å²) in [6, 6.07) is 0. The lowest BCUT2D eigenvalue weighted by atomic mass is 9.92. The van der Waals surface area contributed by atoms with E-state index in [1.54, 1.807) is 0 Å². The number of esters is 4. The van der Waals surface area contributed by atoms with Crippen molar-refractivity contribution >= 4 is 23.9 Å². The van der Waals surface area contributed by atoms with Crippen LogP contribution in [0.2, 0.25) is 0 Å². The third-order valence-corrected chi connectivity index (χ3v) is 4.19. The average Bonchev–Trinajstić information content (AvgIpc) is 2.84. The Morgan fingerprint density at radius 2 is 0.875 bits per heavy atom. The maximum Gasteiger partial charge on any atom is 0.462 e. The van der Waals surface area contributed by atoms with E-state index in [1.165, 1.54) is 0 Å². The molecule has 0 heterocycles. The van der Waals surface area contributed by atoms with Crippen molar-refractivity contribution in [1.29, 1.82) is 0 Å². The number of hydrogen-bond donors (Lipinski definition) is 0. The van der Waals surface area contributed by atoms with Crippen molar-refractivity contribution in [3.05, 3.63) is 38.0 Å². The fraction of sp³-hybridized carbons (Fsp3) is 0.500. The van der Waals surface area contributed by atoms with E-state index in [4.69, 9.17) is 0 Å². The SMILES string of the molecule is C=CC(=O)OCC(COC(=O)C=C)(COC(=O)C=C)COC(=O)C(F)(OC(F)(F)C(F)(F)C(F)(F)F)C(F)(F)F. The number of ether oxygens (including phenoxy) is 5. The quantitative estimate of drug-likeness (QED) is 0.118. The van der Waals surface area contributed by atoms with E-state index < -0.39 is 86.0 Å². The fourth-order valence-corrected chi connectivity index (χ4v) is 2.03. The fourth-order valence-electron chi connectivity index (χ4n) is 2.03. The van der Waals surface area contributed by atoms with Gasteiger partial charge in [0.2, 0.25) is 0 Å². The van der Waals surface area contributed by atoms with E-state index in [2.05, 4.69) is 43.4 Å². The monoisotopic (exact) mass is 610 g/mol. The highest BCUT2D eigenvalue weighted by molar-refractivity contribution is 5.82. The van der Waals surface area contributed by atoms with Crippen LogP contribution in [0.15, 0.2) is 38.0 Å². The molecule has 0 spiro atoms. The third kappa shape index (κ3) is 8.91. The Hall–Kier alpha value is -3.71. The van der Waals surface area contributed by atoms with Crippen LogP contribution in [0.4, 0.5) is 48.3 Å². The minimum absolute atomic E-state index is 0.495. The molecule has 0 aliphatic rings. The Balaban J connectivity index is 6.48. The zero-order valence-electron chi connectivity index (χ0n) is 19.5. The molecule has 20 heteroatoms. The molecule has 1 unspecified atom stereocenters. The van der Waals surface area contributed by atoms with Crippen molar-refractivity contribution in [2.24, 2.45) is 5.41 Å². The highest BCUT2D eigenvalue weighted by Crippen LogP contribution is 2.51. The van der Waals surface area contributed by atoms with Crippen LogP contribution < -0.4 is 0 Å². The van der Waals surface area contributed by atoms with Crippen LogP contribution in [-0.4, -0.2) is 80.5 Å². The lowest BCUT2D eigenvalue weighted by Gasteiger charge is -2.35. The van der Waals surface area contributed by atoms with Crippen molar-refractivity contribution in [3.63, 3.8) is 0 Å². The molecule has 228 valence electrons. The number of halogens is 11. The number of rotatable bonds is 15. The maximum absolute atomic E-state index is 14.5. The number of alkyl halides is 11. The summed E-state index contributed by atoms with van der Waals surface area (Å²) < 4.78 is 164. The van der Waals surface area contributed by atoms with Gasteiger partial charge in [0.15, 0.2) is 0 Å². The molecule has 0 saturated heterocycles. The molecule has 0 saturated carbocycles. The Morgan fingerprint density at radius 3 is 1.15 bits per heavy atom. The van der Waals surface area contributed by atoms with Gasteiger partial charge in [0.1, 0.15) is 31.8 Å². The van der Waals surface area contributed by atoms with Crippen molar-refractivity contribution < 1.29 is 91.2 Å². The molecule has 0 fully saturated rings. The summed E-state index contributed by atoms with van der Waals surface area (Å²) in [6.07, 6.45) is -20.2. The Bertz CT molecular complexity index is 930. The molecule has 0 aromatic rings. The van der Waals surface area contributed by atoms with Crippen LogP contribution in [0.1, 0.15) is 0 Å². The summed E-state index contributed by atoms with van der Waals surface area (Å²) in [5.41, 5.74) is -2.50. The molecule has 9 nitrogen and oxygen atoms in total. The Morgan fingerprint density at radius 1 is 0.550 bits per heavy atom. The standard InChI is InChI=1S/C20H17F11O9/c1-4-11(32)36-7-15(8-37-12(33)5-2,9-38-13(34)6-3)10-39-14(35)16(21,18(24,25)26)40-20(30,31)17(22,23)19(27,28)29/h4-6H,1-3,7-10H2. The average molecular weight is 610 g/mol. The van der Waals surface area contributed by atoms with Crippen LogP contribution in [0.25, 0.3) is 0 Å². The second-order valence-corrected chi connectivity index (χ2v) is 7.30. The van der Waals surface area contributed by atoms with Crippen molar-refractivity contribution in [3.8, 4) is 0 Å². The van der Waals surface area contributed by atoms with Gasteiger partial charge in [-0.25, -0.2) is 19.2 Å². The van der Waals surface area contributed by atoms with E-state index in [1.807, 2.05) is 0 Å². The summed E-state index contributed by atoms with van der Waals surface area (Å²) in [5.74, 6) is -21.7. The van der Waals surface area contributed by atoms with E-state index >= 15 is 0 Å². The summed E-state index contributed by atoms with van der Waals surface area (Å²) >= 11 is 0. The van der Waals surface area contributed by atoms with Gasteiger partial charge in [-0.15, -0.1) is 0 Å². The van der Waals surface area contributed by atoms with Gasteiger partial charge < -0.3 is 18.9 Å². The highest BCUT2D eigenvalue weighted by atomic mass is 19.4. The van der Waals surface area contributed by atoms with Crippen molar-refractivity contribution in [2.75, 3.05) is 26.4 Å². The minimum atomic E-state index is -7.46. The predicted octanol–water partition coefficient (Wildman–Crippen LogP) is 3.74. The smallest absolute Gasteiger partial charge is 0.462 e. The molecule has 0 aromatic heterocycles. The zero-order chi connectivity index (χ0) is 31.8. The first-order chi connectivity index (χ1) is 17.9. The summed E-state index contributed by atoms with van der Waals surface area (Å²) in [5, 5.41) is 0. The second kappa shape index (κ2) is 13.1. The van der Waals surface area contributed by atoms with E-state index in [9.17, 15) is 67.5 Å². The van der Waals surface area contributed by atoms with Crippen molar-refractivity contribution in [1.82, 2.24) is 0 Å². The number of carbonyl (C=O) groups is 4. The van der Waals surface area contributed by atoms with E-state index in [-0.39, 0.29) is 0 Å². The van der Waals surface area contributed by atoms with Gasteiger partial charge in [0, 0.05) is 18.2 Å². The molecule has 0 aliphatic heterocycles. The molecule has 0 aromatic carbocycles. The van der Waals surface area contributed by atoms with E-state index in [0.717, 1.165) is 0 Å². The lowest BCUT2D eigenvalue weighted by Crippen LogP contribution is -2.62. The Labute approximate surface area is 216 Å². The van der Waals surface area contributed by atoms with Crippen LogP contribution in [-0.2, 0) is 42.9 Å². The van der Waals surface area contributed by atoms with Gasteiger partial charge in [-0.1, -0.05) is 19.7 Å². The van der Waals surface area contributed by atoms with Gasteiger partial charge in [-0.05, 0) is 0 Å². The molecule has 1 atom stereocenters. The van der Waals surface area contributed by atoms with Crippen LogP contribution in [0, 0.1) is 5.41 Å². The zero-order valence-corrected chi connectivity index (χ0v) is 19.5. The first-order valence-corrected chi connectivity index (χ1v) is 9.78. The van der Waals surface area contributed by atoms with Crippen LogP contribution in [0.3, 0.4) is 0 Å². The number of carbonyl (C=O) groups excluding carboxylic acids is 4. The largest absolute Gasteiger partial charge is 0.462 e.